The highest BCUT2D eigenvalue weighted by molar-refractivity contribution is 9.10. The molecule has 102 valence electrons. The van der Waals surface area contributed by atoms with Crippen LogP contribution in [0.15, 0.2) is 16.6 Å². The van der Waals surface area contributed by atoms with Crippen molar-refractivity contribution < 1.29 is 14.2 Å². The fraction of sp³-hybridized carbons (Fsp3) is 0.538. The van der Waals surface area contributed by atoms with E-state index in [9.17, 15) is 0 Å². The maximum Gasteiger partial charge on any atom is 0.136 e. The van der Waals surface area contributed by atoms with Crippen molar-refractivity contribution in [2.45, 2.75) is 19.5 Å². The van der Waals surface area contributed by atoms with Crippen molar-refractivity contribution in [3.8, 4) is 11.5 Å². The maximum atomic E-state index is 5.36. The van der Waals surface area contributed by atoms with E-state index in [0.717, 1.165) is 28.1 Å². The topological polar surface area (TPSA) is 39.7 Å². The van der Waals surface area contributed by atoms with Crippen molar-refractivity contribution in [2.75, 3.05) is 27.9 Å². The first-order valence-electron chi connectivity index (χ1n) is 5.75. The first-order chi connectivity index (χ1) is 8.62. The van der Waals surface area contributed by atoms with Crippen LogP contribution in [0.25, 0.3) is 0 Å². The lowest BCUT2D eigenvalue weighted by Gasteiger charge is -2.16. The minimum absolute atomic E-state index is 0.292. The zero-order chi connectivity index (χ0) is 13.5. The predicted molar refractivity (Wildman–Crippen MR) is 75.4 cm³/mol. The number of nitrogens with one attached hydrogen (secondary N) is 1. The number of methoxy groups -OCH3 is 3. The highest BCUT2D eigenvalue weighted by Gasteiger charge is 2.10. The fourth-order valence-corrected chi connectivity index (χ4v) is 2.21. The Balaban J connectivity index is 2.78. The molecule has 0 heterocycles. The summed E-state index contributed by atoms with van der Waals surface area (Å²) < 4.78 is 16.6. The molecule has 18 heavy (non-hydrogen) atoms. The molecular formula is C13H20BrNO3. The molecule has 0 amide bonds. The lowest BCUT2D eigenvalue weighted by atomic mass is 10.1. The molecule has 1 rings (SSSR count). The second kappa shape index (κ2) is 7.61. The van der Waals surface area contributed by atoms with Crippen molar-refractivity contribution >= 4 is 15.9 Å². The summed E-state index contributed by atoms with van der Waals surface area (Å²) in [6, 6.07) is 4.17. The molecule has 5 heteroatoms. The Labute approximate surface area is 117 Å². The van der Waals surface area contributed by atoms with Gasteiger partial charge in [-0.05, 0) is 28.9 Å². The van der Waals surface area contributed by atoms with Gasteiger partial charge in [-0.3, -0.25) is 0 Å². The summed E-state index contributed by atoms with van der Waals surface area (Å²) in [6.45, 7) is 3.48. The van der Waals surface area contributed by atoms with Crippen molar-refractivity contribution in [1.82, 2.24) is 5.32 Å². The van der Waals surface area contributed by atoms with Crippen molar-refractivity contribution in [2.24, 2.45) is 0 Å². The zero-order valence-electron chi connectivity index (χ0n) is 11.2. The van der Waals surface area contributed by atoms with Crippen molar-refractivity contribution in [3.05, 3.63) is 22.2 Å². The zero-order valence-corrected chi connectivity index (χ0v) is 12.8. The summed E-state index contributed by atoms with van der Waals surface area (Å²) in [5.74, 6) is 1.58. The largest absolute Gasteiger partial charge is 0.496 e. The molecule has 0 spiro atoms. The lowest BCUT2D eigenvalue weighted by molar-refractivity contribution is 0.171. The third-order valence-corrected chi connectivity index (χ3v) is 3.23. The van der Waals surface area contributed by atoms with Gasteiger partial charge in [-0.2, -0.15) is 0 Å². The van der Waals surface area contributed by atoms with Gasteiger partial charge in [0.05, 0.1) is 25.3 Å². The van der Waals surface area contributed by atoms with Crippen molar-refractivity contribution in [3.63, 3.8) is 0 Å². The summed E-state index contributed by atoms with van der Waals surface area (Å²) >= 11 is 3.48. The van der Waals surface area contributed by atoms with E-state index >= 15 is 0 Å². The Kier molecular flexibility index (Phi) is 6.46. The van der Waals surface area contributed by atoms with E-state index in [1.807, 2.05) is 12.1 Å². The molecule has 1 aromatic carbocycles. The number of hydrogen-bond donors (Lipinski definition) is 1. The third kappa shape index (κ3) is 4.15. The highest BCUT2D eigenvalue weighted by atomic mass is 79.9. The van der Waals surface area contributed by atoms with Gasteiger partial charge in [0.2, 0.25) is 0 Å². The molecular weight excluding hydrogens is 298 g/mol. The van der Waals surface area contributed by atoms with Crippen LogP contribution in [0.2, 0.25) is 0 Å². The van der Waals surface area contributed by atoms with Crippen LogP contribution in [0.1, 0.15) is 12.5 Å². The normalized spacial score (nSPS) is 12.3. The average Bonchev–Trinajstić information content (AvgIpc) is 2.36. The standard InChI is InChI=1S/C13H20BrNO3/c1-9(8-16-2)15-7-10-5-11(14)13(18-4)6-12(10)17-3/h5-6,9,15H,7-8H2,1-4H3/t9-/m0/s1. The Morgan fingerprint density at radius 3 is 2.39 bits per heavy atom. The van der Waals surface area contributed by atoms with E-state index in [0.29, 0.717) is 12.6 Å². The summed E-state index contributed by atoms with van der Waals surface area (Å²) in [7, 11) is 4.99. The average molecular weight is 318 g/mol. The van der Waals surface area contributed by atoms with Gasteiger partial charge in [0.25, 0.3) is 0 Å². The van der Waals surface area contributed by atoms with Crippen LogP contribution in [0.4, 0.5) is 0 Å². The first-order valence-corrected chi connectivity index (χ1v) is 6.54. The SMILES string of the molecule is COC[C@H](C)NCc1cc(Br)c(OC)cc1OC. The summed E-state index contributed by atoms with van der Waals surface area (Å²) in [5.41, 5.74) is 1.08. The number of benzene rings is 1. The number of halogens is 1. The van der Waals surface area contributed by atoms with Gasteiger partial charge in [0.15, 0.2) is 0 Å². The number of hydrogen-bond acceptors (Lipinski definition) is 4. The quantitative estimate of drug-likeness (QED) is 0.839. The molecule has 0 fully saturated rings. The smallest absolute Gasteiger partial charge is 0.136 e. The van der Waals surface area contributed by atoms with Crippen molar-refractivity contribution in [1.29, 1.82) is 0 Å². The molecule has 4 nitrogen and oxygen atoms in total. The van der Waals surface area contributed by atoms with E-state index in [4.69, 9.17) is 14.2 Å². The van der Waals surface area contributed by atoms with Gasteiger partial charge < -0.3 is 19.5 Å². The lowest BCUT2D eigenvalue weighted by Crippen LogP contribution is -2.29. The van der Waals surface area contributed by atoms with Crippen LogP contribution in [0, 0.1) is 0 Å². The predicted octanol–water partition coefficient (Wildman–Crippen LogP) is 2.59. The maximum absolute atomic E-state index is 5.36. The van der Waals surface area contributed by atoms with Gasteiger partial charge >= 0.3 is 0 Å². The Bertz CT molecular complexity index is 385. The molecule has 0 aliphatic rings. The molecule has 0 bridgehead atoms. The molecule has 0 saturated heterocycles. The summed E-state index contributed by atoms with van der Waals surface area (Å²) in [6.07, 6.45) is 0. The molecule has 1 aromatic rings. The van der Waals surface area contributed by atoms with Gasteiger partial charge in [-0.25, -0.2) is 0 Å². The molecule has 0 aromatic heterocycles. The van der Waals surface area contributed by atoms with Crippen LogP contribution in [-0.4, -0.2) is 34.0 Å². The monoisotopic (exact) mass is 317 g/mol. The highest BCUT2D eigenvalue weighted by Crippen LogP contribution is 2.32. The number of rotatable bonds is 7. The molecule has 0 radical (unpaired) electrons. The van der Waals surface area contributed by atoms with Gasteiger partial charge in [0.1, 0.15) is 11.5 Å². The molecule has 1 N–H and O–H groups in total. The van der Waals surface area contributed by atoms with Crippen LogP contribution < -0.4 is 14.8 Å². The van der Waals surface area contributed by atoms with E-state index < -0.39 is 0 Å². The Hall–Kier alpha value is -0.780. The van der Waals surface area contributed by atoms with Crippen LogP contribution in [0.3, 0.4) is 0 Å². The second-order valence-electron chi connectivity index (χ2n) is 4.04. The van der Waals surface area contributed by atoms with E-state index in [1.165, 1.54) is 0 Å². The number of ether oxygens (including phenoxy) is 3. The van der Waals surface area contributed by atoms with Crippen LogP contribution in [-0.2, 0) is 11.3 Å². The third-order valence-electron chi connectivity index (χ3n) is 2.61. The summed E-state index contributed by atoms with van der Waals surface area (Å²) in [5, 5.41) is 3.37. The molecule has 0 saturated carbocycles. The minimum atomic E-state index is 0.292. The van der Waals surface area contributed by atoms with Gasteiger partial charge in [0, 0.05) is 31.3 Å². The van der Waals surface area contributed by atoms with Crippen LogP contribution in [0.5, 0.6) is 11.5 Å². The molecule has 0 aliphatic heterocycles. The Morgan fingerprint density at radius 2 is 1.83 bits per heavy atom. The van der Waals surface area contributed by atoms with Crippen LogP contribution >= 0.6 is 15.9 Å². The van der Waals surface area contributed by atoms with E-state index in [-0.39, 0.29) is 0 Å². The minimum Gasteiger partial charge on any atom is -0.496 e. The van der Waals surface area contributed by atoms with E-state index in [2.05, 4.69) is 28.2 Å². The molecule has 1 atom stereocenters. The molecule has 0 aliphatic carbocycles. The second-order valence-corrected chi connectivity index (χ2v) is 4.89. The fourth-order valence-electron chi connectivity index (χ4n) is 1.65. The van der Waals surface area contributed by atoms with E-state index in [1.54, 1.807) is 21.3 Å². The first kappa shape index (κ1) is 15.3. The Morgan fingerprint density at radius 1 is 1.17 bits per heavy atom. The van der Waals surface area contributed by atoms with Gasteiger partial charge in [-0.1, -0.05) is 0 Å². The molecule has 0 unspecified atom stereocenters. The van der Waals surface area contributed by atoms with Gasteiger partial charge in [-0.15, -0.1) is 0 Å². The summed E-state index contributed by atoms with van der Waals surface area (Å²) in [4.78, 5) is 0.